The summed E-state index contributed by atoms with van der Waals surface area (Å²) in [6.07, 6.45) is 3.42. The van der Waals surface area contributed by atoms with Gasteiger partial charge in [0.2, 0.25) is 5.91 Å². The third kappa shape index (κ3) is 11.9. The molecule has 1 aliphatic heterocycles. The summed E-state index contributed by atoms with van der Waals surface area (Å²) in [5.41, 5.74) is 1.39. The van der Waals surface area contributed by atoms with Crippen molar-refractivity contribution >= 4 is 39.3 Å². The summed E-state index contributed by atoms with van der Waals surface area (Å²) in [4.78, 5) is 62.5. The molecule has 2 aliphatic carbocycles. The highest BCUT2D eigenvalue weighted by Crippen LogP contribution is 2.53. The number of carbonyl (C=O) groups excluding carboxylic acids is 1. The Labute approximate surface area is 295 Å². The van der Waals surface area contributed by atoms with Gasteiger partial charge in [-0.3, -0.25) is 14.4 Å². The molecule has 0 bridgehead atoms. The van der Waals surface area contributed by atoms with Gasteiger partial charge in [0, 0.05) is 52.6 Å². The van der Waals surface area contributed by atoms with E-state index in [0.717, 1.165) is 0 Å². The van der Waals surface area contributed by atoms with Gasteiger partial charge in [-0.15, -0.1) is 4.52 Å². The van der Waals surface area contributed by atoms with Crippen LogP contribution in [0.2, 0.25) is 0 Å². The van der Waals surface area contributed by atoms with Crippen LogP contribution >= 0.6 is 16.4 Å². The van der Waals surface area contributed by atoms with Gasteiger partial charge < -0.3 is 25.1 Å². The fourth-order valence-electron chi connectivity index (χ4n) is 6.26. The zero-order valence-electron chi connectivity index (χ0n) is 28.2. The van der Waals surface area contributed by atoms with Crippen LogP contribution in [0.3, 0.4) is 0 Å². The summed E-state index contributed by atoms with van der Waals surface area (Å²) in [5.74, 6) is -3.27. The Balaban J connectivity index is 1.22. The number of nitrogens with one attached hydrogen (secondary N) is 1. The predicted octanol–water partition coefficient (Wildman–Crippen LogP) is 4.81. The molecule has 1 heterocycles. The Morgan fingerprint density at radius 1 is 1.06 bits per heavy atom. The summed E-state index contributed by atoms with van der Waals surface area (Å²) in [5, 5.41) is 33.6. The summed E-state index contributed by atoms with van der Waals surface area (Å²) in [7, 11) is -5.24. The number of unbranched alkanes of at least 4 members (excludes halogenated alkanes) is 2. The normalized spacial score (nSPS) is 18.9. The van der Waals surface area contributed by atoms with E-state index in [4.69, 9.17) is 13.5 Å². The van der Waals surface area contributed by atoms with Crippen LogP contribution in [0.1, 0.15) is 62.8 Å². The number of carboxylic acids is 1. The van der Waals surface area contributed by atoms with Gasteiger partial charge in [0.25, 0.3) is 0 Å². The first-order valence-corrected chi connectivity index (χ1v) is 19.3. The van der Waals surface area contributed by atoms with Gasteiger partial charge in [-0.25, -0.2) is 0 Å². The van der Waals surface area contributed by atoms with Crippen LogP contribution in [0.5, 0.6) is 5.75 Å². The molecule has 6 N–H and O–H groups in total. The maximum absolute atomic E-state index is 13.1. The van der Waals surface area contributed by atoms with Crippen LogP contribution in [0.4, 0.5) is 0 Å². The summed E-state index contributed by atoms with van der Waals surface area (Å²) in [6, 6.07) is 8.97. The molecule has 3 aliphatic rings. The van der Waals surface area contributed by atoms with Gasteiger partial charge in [-0.1, -0.05) is 6.42 Å². The fourth-order valence-corrected chi connectivity index (χ4v) is 7.32. The van der Waals surface area contributed by atoms with Crippen molar-refractivity contribution in [2.75, 3.05) is 40.1 Å². The number of phenolic OH excluding ortho intramolecular Hbond substituents is 1. The van der Waals surface area contributed by atoms with Crippen molar-refractivity contribution in [2.24, 2.45) is 17.8 Å². The number of aliphatic hydroxyl groups is 1. The highest BCUT2D eigenvalue weighted by molar-refractivity contribution is 7.54. The number of amides is 1. The molecule has 18 heteroatoms. The first-order valence-electron chi connectivity index (χ1n) is 16.7. The Bertz CT molecular complexity index is 1650. The number of fused-ring (bicyclic) bond motifs is 2. The standard InChI is InChI=1S/C33H43NO15P2/c1-44-50(41)49-45-14-4-5-15-46-51(42,43)47-20-21(19-35)6-2-3-13-34-32(38)22-7-10-25(28(16-22)33(39)40)31-26-11-8-23(36)17-29(26)48-30-18-24(37)9-12-27(30)31/h8-9,11-12,17-18,21-22,25,28,35,42-43H,2-7,10,13-16,19-20H2,1H3,(H-2,34,36,37,38,39,40)/p+2. The molecule has 1 aromatic carbocycles. The van der Waals surface area contributed by atoms with Gasteiger partial charge >= 0.3 is 22.4 Å². The zero-order chi connectivity index (χ0) is 37.0. The van der Waals surface area contributed by atoms with Gasteiger partial charge in [-0.05, 0) is 80.7 Å². The van der Waals surface area contributed by atoms with Gasteiger partial charge in [0.1, 0.15) is 30.3 Å². The number of hydrogen-bond acceptors (Lipinski definition) is 14. The third-order valence-electron chi connectivity index (χ3n) is 8.85. The van der Waals surface area contributed by atoms with E-state index in [1.165, 1.54) is 31.4 Å². The van der Waals surface area contributed by atoms with Gasteiger partial charge in [0.15, 0.2) is 5.43 Å². The average Bonchev–Trinajstić information content (AvgIpc) is 3.10. The highest BCUT2D eigenvalue weighted by atomic mass is 31.2. The molecule has 51 heavy (non-hydrogen) atoms. The molecule has 5 unspecified atom stereocenters. The largest absolute Gasteiger partial charge is 0.728 e. The predicted molar refractivity (Wildman–Crippen MR) is 184 cm³/mol. The SMILES string of the molecule is CO[P+](=O)OOCCCCO[P+](O)(O)OCC(CO)CCCCNC(=O)C1CCC(c2c3ccc(=O)cc-3oc3cc(O)ccc23)C(C(=O)O)C1. The van der Waals surface area contributed by atoms with E-state index in [1.54, 1.807) is 12.1 Å². The Kier molecular flexibility index (Phi) is 15.6. The maximum atomic E-state index is 13.1. The van der Waals surface area contributed by atoms with Crippen LogP contribution < -0.4 is 10.7 Å². The molecular weight excluding hydrogens is 712 g/mol. The lowest BCUT2D eigenvalue weighted by Crippen LogP contribution is -2.38. The smallest absolute Gasteiger partial charge is 0.508 e. The Hall–Kier alpha value is -3.14. The summed E-state index contributed by atoms with van der Waals surface area (Å²) < 4.78 is 35.8. The number of benzene rings is 2. The molecular formula is C33H45NO15P2+2. The Morgan fingerprint density at radius 3 is 2.59 bits per heavy atom. The van der Waals surface area contributed by atoms with Crippen molar-refractivity contribution in [3.8, 4) is 17.1 Å². The van der Waals surface area contributed by atoms with E-state index in [2.05, 4.69) is 19.4 Å². The van der Waals surface area contributed by atoms with E-state index in [-0.39, 0.29) is 49.9 Å². The fraction of sp³-hybridized carbons (Fsp3) is 0.545. The van der Waals surface area contributed by atoms with E-state index in [1.807, 2.05) is 0 Å². The molecule has 0 saturated heterocycles. The molecule has 1 saturated carbocycles. The van der Waals surface area contributed by atoms with E-state index in [0.29, 0.717) is 79.3 Å². The number of aromatic hydroxyl groups is 1. The molecule has 1 amide bonds. The molecule has 280 valence electrons. The van der Waals surface area contributed by atoms with Crippen LogP contribution in [0.25, 0.3) is 22.3 Å². The molecule has 1 aromatic rings. The Morgan fingerprint density at radius 2 is 1.84 bits per heavy atom. The van der Waals surface area contributed by atoms with Gasteiger partial charge in [-0.2, -0.15) is 23.7 Å². The van der Waals surface area contributed by atoms with Crippen molar-refractivity contribution < 1.29 is 66.8 Å². The lowest BCUT2D eigenvalue weighted by Gasteiger charge is -2.35. The van der Waals surface area contributed by atoms with Gasteiger partial charge in [0.05, 0.1) is 24.3 Å². The number of phenols is 1. The van der Waals surface area contributed by atoms with Crippen molar-refractivity contribution in [1.29, 1.82) is 0 Å². The van der Waals surface area contributed by atoms with Crippen molar-refractivity contribution in [2.45, 2.75) is 57.3 Å². The monoisotopic (exact) mass is 757 g/mol. The summed E-state index contributed by atoms with van der Waals surface area (Å²) >= 11 is 0. The first kappa shape index (κ1) is 40.6. The number of aliphatic hydroxyl groups excluding tert-OH is 1. The van der Waals surface area contributed by atoms with Crippen LogP contribution in [0.15, 0.2) is 45.6 Å². The van der Waals surface area contributed by atoms with Crippen LogP contribution in [0, 0.1) is 17.8 Å². The number of aliphatic carboxylic acids is 1. The zero-order valence-corrected chi connectivity index (χ0v) is 30.0. The summed E-state index contributed by atoms with van der Waals surface area (Å²) in [6.45, 7) is -0.0172. The minimum absolute atomic E-state index is 0.0308. The molecule has 1 fully saturated rings. The molecule has 0 aromatic heterocycles. The van der Waals surface area contributed by atoms with E-state index < -0.39 is 46.1 Å². The highest BCUT2D eigenvalue weighted by Gasteiger charge is 2.41. The van der Waals surface area contributed by atoms with Crippen molar-refractivity contribution in [1.82, 2.24) is 5.32 Å². The average molecular weight is 758 g/mol. The minimum Gasteiger partial charge on any atom is -0.508 e. The van der Waals surface area contributed by atoms with Crippen LogP contribution in [-0.4, -0.2) is 77.1 Å². The maximum Gasteiger partial charge on any atom is 0.728 e. The number of hydrogen-bond donors (Lipinski definition) is 6. The molecule has 0 radical (unpaired) electrons. The van der Waals surface area contributed by atoms with E-state index >= 15 is 0 Å². The lowest BCUT2D eigenvalue weighted by atomic mass is 9.69. The molecule has 0 spiro atoms. The number of carbonyl (C=O) groups is 2. The minimum atomic E-state index is -4.10. The second kappa shape index (κ2) is 19.6. The third-order valence-corrected chi connectivity index (χ3v) is 10.4. The first-order chi connectivity index (χ1) is 24.4. The molecule has 5 atom stereocenters. The molecule has 4 rings (SSSR count). The molecule has 16 nitrogen and oxygen atoms in total. The van der Waals surface area contributed by atoms with Crippen molar-refractivity contribution in [3.05, 3.63) is 52.2 Å². The number of carboxylic acid groups (broad SMARTS) is 1. The van der Waals surface area contributed by atoms with E-state index in [9.17, 15) is 44.1 Å². The quantitative estimate of drug-likeness (QED) is 0.0281. The second-order valence-corrected chi connectivity index (χ2v) is 14.8. The topological polar surface area (TPSA) is 241 Å². The number of rotatable bonds is 21. The second-order valence-electron chi connectivity index (χ2n) is 12.4. The van der Waals surface area contributed by atoms with Crippen molar-refractivity contribution in [3.63, 3.8) is 0 Å². The lowest BCUT2D eigenvalue weighted by molar-refractivity contribution is -0.209. The van der Waals surface area contributed by atoms with Crippen LogP contribution in [-0.2, 0) is 37.3 Å².